The van der Waals surface area contributed by atoms with Crippen LogP contribution in [0.5, 0.6) is 0 Å². The molecule has 0 spiro atoms. The van der Waals surface area contributed by atoms with Crippen molar-refractivity contribution in [3.05, 3.63) is 11.9 Å². The summed E-state index contributed by atoms with van der Waals surface area (Å²) in [6.07, 6.45) is -1.36. The van der Waals surface area contributed by atoms with E-state index in [2.05, 4.69) is 25.6 Å². The van der Waals surface area contributed by atoms with E-state index in [9.17, 15) is 18.0 Å². The molecule has 0 bridgehead atoms. The zero-order valence-electron chi connectivity index (χ0n) is 14.4. The number of rotatable bonds is 6. The second-order valence-corrected chi connectivity index (χ2v) is 6.24. The van der Waals surface area contributed by atoms with Gasteiger partial charge >= 0.3 is 6.18 Å². The molecule has 0 saturated carbocycles. The van der Waals surface area contributed by atoms with Gasteiger partial charge in [-0.05, 0) is 39.2 Å². The summed E-state index contributed by atoms with van der Waals surface area (Å²) >= 11 is 0. The molecule has 2 rings (SSSR count). The standard InChI is InChI=1S/C16H22F3N5O/c1-4-12(16(17,18)19)21-15-23-13(10-6-5-7-11(25)8-10)22-14(24-15)20-9(2)3/h8-9,12H,4-7H2,1-3H3,(H2,20,21,22,23,24)/t12-/m1/s1. The van der Waals surface area contributed by atoms with E-state index in [4.69, 9.17) is 0 Å². The van der Waals surface area contributed by atoms with Crippen molar-refractivity contribution in [3.8, 4) is 0 Å². The zero-order valence-corrected chi connectivity index (χ0v) is 14.4. The Morgan fingerprint density at radius 2 is 1.76 bits per heavy atom. The Balaban J connectivity index is 2.38. The second-order valence-electron chi connectivity index (χ2n) is 6.24. The van der Waals surface area contributed by atoms with Crippen molar-refractivity contribution < 1.29 is 18.0 Å². The lowest BCUT2D eigenvalue weighted by Gasteiger charge is -2.21. The lowest BCUT2D eigenvalue weighted by Crippen LogP contribution is -2.36. The number of carbonyl (C=O) groups excluding carboxylic acids is 1. The molecule has 1 aromatic rings. The summed E-state index contributed by atoms with van der Waals surface area (Å²) in [6, 6.07) is -1.76. The molecule has 1 atom stereocenters. The number of anilines is 2. The smallest absolute Gasteiger partial charge is 0.352 e. The van der Waals surface area contributed by atoms with Crippen LogP contribution >= 0.6 is 0 Å². The first-order chi connectivity index (χ1) is 11.7. The average Bonchev–Trinajstić information content (AvgIpc) is 2.50. The first kappa shape index (κ1) is 19.1. The minimum atomic E-state index is -4.41. The van der Waals surface area contributed by atoms with Crippen molar-refractivity contribution in [3.63, 3.8) is 0 Å². The van der Waals surface area contributed by atoms with Crippen LogP contribution in [-0.4, -0.2) is 39.0 Å². The van der Waals surface area contributed by atoms with Crippen molar-refractivity contribution in [2.75, 3.05) is 10.6 Å². The zero-order chi connectivity index (χ0) is 18.6. The maximum absolute atomic E-state index is 13.0. The van der Waals surface area contributed by atoms with Crippen LogP contribution in [0.15, 0.2) is 6.08 Å². The predicted octanol–water partition coefficient (Wildman–Crippen LogP) is 3.58. The van der Waals surface area contributed by atoms with Gasteiger partial charge < -0.3 is 10.6 Å². The number of alkyl halides is 3. The molecule has 25 heavy (non-hydrogen) atoms. The minimum absolute atomic E-state index is 0.00495. The highest BCUT2D eigenvalue weighted by molar-refractivity contribution is 5.97. The third-order valence-corrected chi connectivity index (χ3v) is 3.65. The van der Waals surface area contributed by atoms with Gasteiger partial charge in [-0.3, -0.25) is 4.79 Å². The van der Waals surface area contributed by atoms with Gasteiger partial charge in [0.25, 0.3) is 0 Å². The number of ketones is 1. The van der Waals surface area contributed by atoms with Crippen LogP contribution < -0.4 is 10.6 Å². The molecular formula is C16H22F3N5O. The normalized spacial score (nSPS) is 16.6. The van der Waals surface area contributed by atoms with Gasteiger partial charge in [-0.2, -0.15) is 28.1 Å². The molecule has 9 heteroatoms. The summed E-state index contributed by atoms with van der Waals surface area (Å²) in [7, 11) is 0. The number of halogens is 3. The van der Waals surface area contributed by atoms with Crippen LogP contribution in [0.3, 0.4) is 0 Å². The fourth-order valence-corrected chi connectivity index (χ4v) is 2.45. The number of hydrogen-bond acceptors (Lipinski definition) is 6. The van der Waals surface area contributed by atoms with E-state index in [-0.39, 0.29) is 36.0 Å². The van der Waals surface area contributed by atoms with Crippen molar-refractivity contribution in [1.29, 1.82) is 0 Å². The SMILES string of the molecule is CC[C@@H](Nc1nc(NC(C)C)nc(C2=CC(=O)CCC2)n1)C(F)(F)F. The Bertz CT molecular complexity index is 658. The van der Waals surface area contributed by atoms with E-state index in [1.807, 2.05) is 13.8 Å². The molecule has 0 aromatic carbocycles. The maximum Gasteiger partial charge on any atom is 0.408 e. The molecule has 0 radical (unpaired) electrons. The third kappa shape index (κ3) is 5.40. The molecule has 1 aromatic heterocycles. The number of aromatic nitrogens is 3. The molecule has 2 N–H and O–H groups in total. The van der Waals surface area contributed by atoms with Crippen molar-refractivity contribution >= 4 is 23.3 Å². The van der Waals surface area contributed by atoms with Crippen molar-refractivity contribution in [2.24, 2.45) is 0 Å². The number of hydrogen-bond donors (Lipinski definition) is 2. The van der Waals surface area contributed by atoms with E-state index in [1.54, 1.807) is 0 Å². The Labute approximate surface area is 144 Å². The third-order valence-electron chi connectivity index (χ3n) is 3.65. The molecule has 0 amide bonds. The van der Waals surface area contributed by atoms with Crippen LogP contribution in [0.4, 0.5) is 25.1 Å². The van der Waals surface area contributed by atoms with Crippen LogP contribution in [0.25, 0.3) is 5.57 Å². The van der Waals surface area contributed by atoms with Crippen molar-refractivity contribution in [2.45, 2.75) is 64.7 Å². The molecule has 138 valence electrons. The van der Waals surface area contributed by atoms with E-state index in [0.717, 1.165) is 0 Å². The fourth-order valence-electron chi connectivity index (χ4n) is 2.45. The lowest BCUT2D eigenvalue weighted by atomic mass is 9.98. The minimum Gasteiger partial charge on any atom is -0.352 e. The molecule has 1 aliphatic rings. The largest absolute Gasteiger partial charge is 0.408 e. The molecule has 6 nitrogen and oxygen atoms in total. The van der Waals surface area contributed by atoms with Gasteiger partial charge in [0, 0.05) is 18.0 Å². The molecule has 0 unspecified atom stereocenters. The fraction of sp³-hybridized carbons (Fsp3) is 0.625. The monoisotopic (exact) mass is 357 g/mol. The van der Waals surface area contributed by atoms with Crippen LogP contribution in [0.2, 0.25) is 0 Å². The summed E-state index contributed by atoms with van der Waals surface area (Å²) in [5.41, 5.74) is 0.619. The summed E-state index contributed by atoms with van der Waals surface area (Å²) in [4.78, 5) is 24.0. The lowest BCUT2D eigenvalue weighted by molar-refractivity contribution is -0.143. The summed E-state index contributed by atoms with van der Waals surface area (Å²) < 4.78 is 39.1. The highest BCUT2D eigenvalue weighted by Gasteiger charge is 2.38. The number of allylic oxidation sites excluding steroid dienone is 2. The molecule has 0 saturated heterocycles. The van der Waals surface area contributed by atoms with E-state index < -0.39 is 12.2 Å². The second kappa shape index (κ2) is 7.79. The summed E-state index contributed by atoms with van der Waals surface area (Å²) in [5.74, 6) is 0.219. The summed E-state index contributed by atoms with van der Waals surface area (Å²) in [5, 5.41) is 5.30. The first-order valence-corrected chi connectivity index (χ1v) is 8.28. The number of carbonyl (C=O) groups is 1. The summed E-state index contributed by atoms with van der Waals surface area (Å²) in [6.45, 7) is 5.16. The average molecular weight is 357 g/mol. The molecular weight excluding hydrogens is 335 g/mol. The topological polar surface area (TPSA) is 79.8 Å². The van der Waals surface area contributed by atoms with Gasteiger partial charge in [0.15, 0.2) is 11.6 Å². The van der Waals surface area contributed by atoms with E-state index >= 15 is 0 Å². The highest BCUT2D eigenvalue weighted by atomic mass is 19.4. The molecule has 1 heterocycles. The van der Waals surface area contributed by atoms with Gasteiger partial charge in [0.2, 0.25) is 11.9 Å². The van der Waals surface area contributed by atoms with Gasteiger partial charge in [-0.1, -0.05) is 6.92 Å². The Hall–Kier alpha value is -2.19. The number of nitrogens with zero attached hydrogens (tertiary/aromatic N) is 3. The van der Waals surface area contributed by atoms with Crippen LogP contribution in [0, 0.1) is 0 Å². The van der Waals surface area contributed by atoms with Crippen LogP contribution in [-0.2, 0) is 4.79 Å². The van der Waals surface area contributed by atoms with Gasteiger partial charge in [0.05, 0.1) is 0 Å². The van der Waals surface area contributed by atoms with E-state index in [0.29, 0.717) is 24.8 Å². The Kier molecular flexibility index (Phi) is 5.97. The first-order valence-electron chi connectivity index (χ1n) is 8.28. The van der Waals surface area contributed by atoms with Crippen molar-refractivity contribution in [1.82, 2.24) is 15.0 Å². The predicted molar refractivity (Wildman–Crippen MR) is 89.2 cm³/mol. The maximum atomic E-state index is 13.0. The molecule has 0 fully saturated rings. The van der Waals surface area contributed by atoms with Gasteiger partial charge in [-0.25, -0.2) is 0 Å². The number of nitrogens with one attached hydrogen (secondary N) is 2. The highest BCUT2D eigenvalue weighted by Crippen LogP contribution is 2.27. The molecule has 0 aliphatic heterocycles. The van der Waals surface area contributed by atoms with E-state index in [1.165, 1.54) is 13.0 Å². The van der Waals surface area contributed by atoms with Gasteiger partial charge in [0.1, 0.15) is 6.04 Å². The van der Waals surface area contributed by atoms with Crippen LogP contribution in [0.1, 0.15) is 52.3 Å². The quantitative estimate of drug-likeness (QED) is 0.810. The Morgan fingerprint density at radius 1 is 1.12 bits per heavy atom. The molecule has 1 aliphatic carbocycles. The Morgan fingerprint density at radius 3 is 2.28 bits per heavy atom. The van der Waals surface area contributed by atoms with Gasteiger partial charge in [-0.15, -0.1) is 0 Å².